The Morgan fingerprint density at radius 2 is 2.13 bits per heavy atom. The highest BCUT2D eigenvalue weighted by atomic mass is 16.5. The minimum Gasteiger partial charge on any atom is -0.338 e. The van der Waals surface area contributed by atoms with Crippen molar-refractivity contribution in [1.82, 2.24) is 10.1 Å². The highest BCUT2D eigenvalue weighted by Crippen LogP contribution is 2.19. The molecule has 1 fully saturated rings. The summed E-state index contributed by atoms with van der Waals surface area (Å²) in [4.78, 5) is 6.55. The summed E-state index contributed by atoms with van der Waals surface area (Å²) >= 11 is 0. The van der Waals surface area contributed by atoms with Crippen molar-refractivity contribution in [1.29, 1.82) is 0 Å². The van der Waals surface area contributed by atoms with Crippen molar-refractivity contribution in [3.05, 3.63) is 5.89 Å². The van der Waals surface area contributed by atoms with Gasteiger partial charge in [0.25, 0.3) is 5.95 Å². The maximum Gasteiger partial charge on any atom is 0.266 e. The molecule has 0 spiro atoms. The van der Waals surface area contributed by atoms with Crippen LogP contribution in [-0.2, 0) is 0 Å². The SMILES string of the molecule is CC(CN)c1nc(N2CCCCC2)no1. The quantitative estimate of drug-likeness (QED) is 0.809. The van der Waals surface area contributed by atoms with Crippen molar-refractivity contribution in [3.8, 4) is 0 Å². The van der Waals surface area contributed by atoms with Gasteiger partial charge in [0.15, 0.2) is 0 Å². The molecule has 1 aromatic heterocycles. The second kappa shape index (κ2) is 4.61. The zero-order chi connectivity index (χ0) is 10.7. The third-order valence-electron chi connectivity index (χ3n) is 2.85. The van der Waals surface area contributed by atoms with Gasteiger partial charge in [-0.05, 0) is 24.4 Å². The lowest BCUT2D eigenvalue weighted by molar-refractivity contribution is 0.359. The summed E-state index contributed by atoms with van der Waals surface area (Å²) in [5.41, 5.74) is 5.55. The molecule has 2 N–H and O–H groups in total. The standard InChI is InChI=1S/C10H18N4O/c1-8(7-11)9-12-10(13-15-9)14-5-3-2-4-6-14/h8H,2-7,11H2,1H3. The molecule has 1 aromatic rings. The zero-order valence-electron chi connectivity index (χ0n) is 9.15. The van der Waals surface area contributed by atoms with Gasteiger partial charge in [-0.3, -0.25) is 0 Å². The second-order valence-corrected chi connectivity index (χ2v) is 4.12. The topological polar surface area (TPSA) is 68.2 Å². The summed E-state index contributed by atoms with van der Waals surface area (Å²) in [6.07, 6.45) is 3.74. The Labute approximate surface area is 89.6 Å². The second-order valence-electron chi connectivity index (χ2n) is 4.12. The number of anilines is 1. The molecule has 1 aliphatic rings. The summed E-state index contributed by atoms with van der Waals surface area (Å²) in [6, 6.07) is 0. The number of nitrogens with zero attached hydrogens (tertiary/aromatic N) is 3. The maximum atomic E-state index is 5.55. The van der Waals surface area contributed by atoms with Gasteiger partial charge in [-0.25, -0.2) is 0 Å². The van der Waals surface area contributed by atoms with E-state index in [9.17, 15) is 0 Å². The van der Waals surface area contributed by atoms with Gasteiger partial charge < -0.3 is 15.2 Å². The molecule has 0 aliphatic carbocycles. The van der Waals surface area contributed by atoms with E-state index >= 15 is 0 Å². The first kappa shape index (κ1) is 10.4. The molecule has 2 rings (SSSR count). The van der Waals surface area contributed by atoms with Crippen LogP contribution < -0.4 is 10.6 Å². The monoisotopic (exact) mass is 210 g/mol. The maximum absolute atomic E-state index is 5.55. The van der Waals surface area contributed by atoms with Crippen molar-refractivity contribution in [2.24, 2.45) is 5.73 Å². The van der Waals surface area contributed by atoms with Crippen LogP contribution in [0.5, 0.6) is 0 Å². The molecule has 84 valence electrons. The summed E-state index contributed by atoms with van der Waals surface area (Å²) in [6.45, 7) is 4.61. The normalized spacial score (nSPS) is 19.2. The van der Waals surface area contributed by atoms with E-state index in [-0.39, 0.29) is 5.92 Å². The van der Waals surface area contributed by atoms with Crippen LogP contribution in [-0.4, -0.2) is 29.8 Å². The molecule has 1 saturated heterocycles. The zero-order valence-corrected chi connectivity index (χ0v) is 9.15. The Morgan fingerprint density at radius 3 is 2.80 bits per heavy atom. The lowest BCUT2D eigenvalue weighted by Gasteiger charge is -2.24. The molecule has 0 radical (unpaired) electrons. The molecule has 0 aromatic carbocycles. The van der Waals surface area contributed by atoms with Crippen molar-refractivity contribution < 1.29 is 4.52 Å². The molecular weight excluding hydrogens is 192 g/mol. The molecule has 0 saturated carbocycles. The van der Waals surface area contributed by atoms with Crippen LogP contribution in [0.1, 0.15) is 38.0 Å². The fourth-order valence-corrected chi connectivity index (χ4v) is 1.75. The third kappa shape index (κ3) is 2.28. The molecule has 1 unspecified atom stereocenters. The average molecular weight is 210 g/mol. The van der Waals surface area contributed by atoms with Gasteiger partial charge in [0.2, 0.25) is 5.89 Å². The molecule has 0 bridgehead atoms. The van der Waals surface area contributed by atoms with Crippen LogP contribution in [0.3, 0.4) is 0 Å². The summed E-state index contributed by atoms with van der Waals surface area (Å²) in [5, 5.41) is 3.99. The number of nitrogens with two attached hydrogens (primary N) is 1. The minimum atomic E-state index is 0.149. The van der Waals surface area contributed by atoms with Crippen LogP contribution in [0.4, 0.5) is 5.95 Å². The summed E-state index contributed by atoms with van der Waals surface area (Å²) in [5.74, 6) is 1.53. The van der Waals surface area contributed by atoms with E-state index in [1.807, 2.05) is 6.92 Å². The van der Waals surface area contributed by atoms with Gasteiger partial charge >= 0.3 is 0 Å². The van der Waals surface area contributed by atoms with Crippen LogP contribution >= 0.6 is 0 Å². The molecule has 1 atom stereocenters. The van der Waals surface area contributed by atoms with Crippen molar-refractivity contribution in [2.45, 2.75) is 32.1 Å². The van der Waals surface area contributed by atoms with Crippen LogP contribution in [0.15, 0.2) is 4.52 Å². The first-order valence-corrected chi connectivity index (χ1v) is 5.60. The molecule has 1 aliphatic heterocycles. The minimum absolute atomic E-state index is 0.149. The Bertz CT molecular complexity index is 306. The summed E-state index contributed by atoms with van der Waals surface area (Å²) in [7, 11) is 0. The average Bonchev–Trinajstić information content (AvgIpc) is 2.78. The van der Waals surface area contributed by atoms with Gasteiger partial charge in [0, 0.05) is 25.6 Å². The van der Waals surface area contributed by atoms with Crippen LogP contribution in [0.25, 0.3) is 0 Å². The van der Waals surface area contributed by atoms with Crippen molar-refractivity contribution >= 4 is 5.95 Å². The van der Waals surface area contributed by atoms with E-state index in [0.717, 1.165) is 19.0 Å². The highest BCUT2D eigenvalue weighted by molar-refractivity contribution is 5.28. The van der Waals surface area contributed by atoms with Gasteiger partial charge in [0.1, 0.15) is 0 Å². The van der Waals surface area contributed by atoms with E-state index in [0.29, 0.717) is 12.4 Å². The Morgan fingerprint density at radius 1 is 1.40 bits per heavy atom. The van der Waals surface area contributed by atoms with Gasteiger partial charge in [-0.1, -0.05) is 6.92 Å². The van der Waals surface area contributed by atoms with E-state index in [1.165, 1.54) is 19.3 Å². The number of hydrogen-bond donors (Lipinski definition) is 1. The summed E-state index contributed by atoms with van der Waals surface area (Å²) < 4.78 is 5.19. The Kier molecular flexibility index (Phi) is 3.20. The third-order valence-corrected chi connectivity index (χ3v) is 2.85. The predicted molar refractivity (Wildman–Crippen MR) is 57.8 cm³/mol. The largest absolute Gasteiger partial charge is 0.338 e. The fraction of sp³-hybridized carbons (Fsp3) is 0.800. The lowest BCUT2D eigenvalue weighted by Crippen LogP contribution is -2.30. The Balaban J connectivity index is 2.05. The molecule has 5 heteroatoms. The van der Waals surface area contributed by atoms with Gasteiger partial charge in [-0.2, -0.15) is 4.98 Å². The number of piperidine rings is 1. The lowest BCUT2D eigenvalue weighted by atomic mass is 10.1. The van der Waals surface area contributed by atoms with Crippen molar-refractivity contribution in [2.75, 3.05) is 24.5 Å². The predicted octanol–water partition coefficient (Wildman–Crippen LogP) is 1.12. The molecule has 5 nitrogen and oxygen atoms in total. The van der Waals surface area contributed by atoms with Crippen LogP contribution in [0.2, 0.25) is 0 Å². The fourth-order valence-electron chi connectivity index (χ4n) is 1.75. The van der Waals surface area contributed by atoms with E-state index in [4.69, 9.17) is 10.3 Å². The first-order chi connectivity index (χ1) is 7.31. The van der Waals surface area contributed by atoms with E-state index < -0.39 is 0 Å². The highest BCUT2D eigenvalue weighted by Gasteiger charge is 2.18. The van der Waals surface area contributed by atoms with Gasteiger partial charge in [0.05, 0.1) is 0 Å². The number of hydrogen-bond acceptors (Lipinski definition) is 5. The number of aromatic nitrogens is 2. The molecule has 15 heavy (non-hydrogen) atoms. The Hall–Kier alpha value is -1.10. The smallest absolute Gasteiger partial charge is 0.266 e. The van der Waals surface area contributed by atoms with Crippen LogP contribution in [0, 0.1) is 0 Å². The molecule has 0 amide bonds. The van der Waals surface area contributed by atoms with Gasteiger partial charge in [-0.15, -0.1) is 0 Å². The van der Waals surface area contributed by atoms with E-state index in [1.54, 1.807) is 0 Å². The van der Waals surface area contributed by atoms with Crippen molar-refractivity contribution in [3.63, 3.8) is 0 Å². The first-order valence-electron chi connectivity index (χ1n) is 5.60. The number of rotatable bonds is 3. The van der Waals surface area contributed by atoms with E-state index in [2.05, 4.69) is 15.0 Å². The molecule has 2 heterocycles. The molecular formula is C10H18N4O.